The van der Waals surface area contributed by atoms with E-state index in [1.165, 1.54) is 27.8 Å². The summed E-state index contributed by atoms with van der Waals surface area (Å²) in [5.74, 6) is 0.871. The summed E-state index contributed by atoms with van der Waals surface area (Å²) in [6, 6.07) is 22.9. The summed E-state index contributed by atoms with van der Waals surface area (Å²) in [6.07, 6.45) is 4.24. The maximum Gasteiger partial charge on any atom is 0.512 e. The lowest BCUT2D eigenvalue weighted by atomic mass is 9.93. The topological polar surface area (TPSA) is 65.9 Å². The summed E-state index contributed by atoms with van der Waals surface area (Å²) in [5.41, 5.74) is 6.96. The van der Waals surface area contributed by atoms with Crippen LogP contribution in [-0.4, -0.2) is 53.9 Å². The lowest BCUT2D eigenvalue weighted by Crippen LogP contribution is -2.46. The Morgan fingerprint density at radius 2 is 1.53 bits per heavy atom. The molecule has 1 aliphatic carbocycles. The van der Waals surface area contributed by atoms with Crippen molar-refractivity contribution in [2.24, 2.45) is 0 Å². The van der Waals surface area contributed by atoms with Crippen molar-refractivity contribution in [2.45, 2.75) is 19.3 Å². The van der Waals surface area contributed by atoms with Crippen molar-refractivity contribution in [1.82, 2.24) is 9.88 Å². The van der Waals surface area contributed by atoms with Crippen LogP contribution in [0.15, 0.2) is 72.8 Å². The van der Waals surface area contributed by atoms with Gasteiger partial charge in [0.2, 0.25) is 5.88 Å². The maximum atomic E-state index is 10.8. The first kappa shape index (κ1) is 22.2. The van der Waals surface area contributed by atoms with Gasteiger partial charge in [-0.25, -0.2) is 4.79 Å². The summed E-state index contributed by atoms with van der Waals surface area (Å²) >= 11 is 0. The number of ether oxygens (including phenoxy) is 1. The smallest absolute Gasteiger partial charge is 0.449 e. The Kier molecular flexibility index (Phi) is 6.58. The Hall–Kier alpha value is -3.64. The molecule has 174 valence electrons. The van der Waals surface area contributed by atoms with E-state index in [-0.39, 0.29) is 5.88 Å². The molecule has 2 aromatic carbocycles. The van der Waals surface area contributed by atoms with E-state index >= 15 is 0 Å². The Morgan fingerprint density at radius 3 is 2.18 bits per heavy atom. The van der Waals surface area contributed by atoms with Crippen molar-refractivity contribution < 1.29 is 14.6 Å². The second-order valence-electron chi connectivity index (χ2n) is 8.75. The van der Waals surface area contributed by atoms with Gasteiger partial charge >= 0.3 is 6.16 Å². The summed E-state index contributed by atoms with van der Waals surface area (Å²) in [5, 5.41) is 8.82. The number of carboxylic acid groups (broad SMARTS) is 1. The highest BCUT2D eigenvalue weighted by Gasteiger charge is 2.20. The molecule has 1 saturated heterocycles. The maximum absolute atomic E-state index is 10.8. The van der Waals surface area contributed by atoms with Crippen molar-refractivity contribution in [1.29, 1.82) is 0 Å². The Morgan fingerprint density at radius 1 is 0.882 bits per heavy atom. The molecule has 0 amide bonds. The molecule has 0 atom stereocenters. The van der Waals surface area contributed by atoms with Crippen LogP contribution >= 0.6 is 0 Å². The standard InChI is InChI=1S/C28H29N3O3/c32-28(33)34-27-13-5-12-26(29-27)31-19-17-30(18-20-31)16-6-11-25-23-9-3-1-7-21(23)14-15-22-8-2-4-10-24(22)25/h1-5,7-13H,6,14-20H2,(H,32,33). The van der Waals surface area contributed by atoms with Gasteiger partial charge in [0.15, 0.2) is 0 Å². The molecule has 1 aromatic heterocycles. The van der Waals surface area contributed by atoms with Gasteiger partial charge < -0.3 is 14.7 Å². The normalized spacial score (nSPS) is 15.8. The van der Waals surface area contributed by atoms with Gasteiger partial charge in [-0.05, 0) is 53.2 Å². The highest BCUT2D eigenvalue weighted by atomic mass is 16.7. The van der Waals surface area contributed by atoms with E-state index in [4.69, 9.17) is 9.84 Å². The van der Waals surface area contributed by atoms with Gasteiger partial charge in [0.1, 0.15) is 5.82 Å². The molecule has 6 nitrogen and oxygen atoms in total. The zero-order valence-corrected chi connectivity index (χ0v) is 19.2. The Bertz CT molecular complexity index is 1150. The number of aromatic nitrogens is 1. The molecule has 0 saturated carbocycles. The Labute approximate surface area is 200 Å². The molecule has 34 heavy (non-hydrogen) atoms. The van der Waals surface area contributed by atoms with E-state index in [0.717, 1.165) is 57.8 Å². The van der Waals surface area contributed by atoms with Gasteiger partial charge in [-0.15, -0.1) is 0 Å². The molecule has 6 heteroatoms. The minimum atomic E-state index is -1.34. The number of pyridine rings is 1. The number of benzene rings is 2. The number of anilines is 1. The fraction of sp³-hybridized carbons (Fsp3) is 0.286. The lowest BCUT2D eigenvalue weighted by molar-refractivity contribution is 0.142. The number of hydrogen-bond acceptors (Lipinski definition) is 5. The zero-order valence-electron chi connectivity index (χ0n) is 19.2. The van der Waals surface area contributed by atoms with Crippen LogP contribution in [0.5, 0.6) is 5.88 Å². The van der Waals surface area contributed by atoms with Crippen molar-refractivity contribution in [3.05, 3.63) is 95.1 Å². The molecule has 0 radical (unpaired) electrons. The summed E-state index contributed by atoms with van der Waals surface area (Å²) < 4.78 is 4.70. The molecule has 2 heterocycles. The van der Waals surface area contributed by atoms with Crippen LogP contribution in [0.4, 0.5) is 10.6 Å². The lowest BCUT2D eigenvalue weighted by Gasteiger charge is -2.35. The van der Waals surface area contributed by atoms with Crippen LogP contribution in [0, 0.1) is 0 Å². The third-order valence-electron chi connectivity index (χ3n) is 6.67. The quantitative estimate of drug-likeness (QED) is 0.553. The van der Waals surface area contributed by atoms with Crippen molar-refractivity contribution >= 4 is 17.5 Å². The van der Waals surface area contributed by atoms with Crippen LogP contribution in [0.25, 0.3) is 5.57 Å². The first-order valence-electron chi connectivity index (χ1n) is 11.9. The zero-order chi connectivity index (χ0) is 23.3. The van der Waals surface area contributed by atoms with E-state index in [2.05, 4.69) is 69.4 Å². The number of carbonyl (C=O) groups is 1. The molecular weight excluding hydrogens is 426 g/mol. The summed E-state index contributed by atoms with van der Waals surface area (Å²) in [7, 11) is 0. The van der Waals surface area contributed by atoms with Crippen LogP contribution in [0.1, 0.15) is 28.7 Å². The van der Waals surface area contributed by atoms with Crippen LogP contribution in [0.3, 0.4) is 0 Å². The molecule has 0 unspecified atom stereocenters. The molecule has 0 spiro atoms. The molecule has 1 N–H and O–H groups in total. The summed E-state index contributed by atoms with van der Waals surface area (Å²) in [4.78, 5) is 19.8. The Balaban J connectivity index is 1.24. The highest BCUT2D eigenvalue weighted by Crippen LogP contribution is 2.33. The average Bonchev–Trinajstić information content (AvgIpc) is 3.02. The van der Waals surface area contributed by atoms with Crippen LogP contribution in [-0.2, 0) is 12.8 Å². The SMILES string of the molecule is O=C(O)Oc1cccc(N2CCN(CCC=C3c4ccccc4CCc4ccccc43)CC2)n1. The molecular formula is C28H29N3O3. The van der Waals surface area contributed by atoms with Gasteiger partial charge in [-0.3, -0.25) is 4.90 Å². The van der Waals surface area contributed by atoms with Crippen molar-refractivity contribution in [2.75, 3.05) is 37.6 Å². The van der Waals surface area contributed by atoms with Gasteiger partial charge in [-0.2, -0.15) is 4.98 Å². The minimum Gasteiger partial charge on any atom is -0.449 e. The largest absolute Gasteiger partial charge is 0.512 e. The number of hydrogen-bond donors (Lipinski definition) is 1. The molecule has 2 aliphatic rings. The van der Waals surface area contributed by atoms with Gasteiger partial charge in [0.05, 0.1) is 0 Å². The van der Waals surface area contributed by atoms with Crippen LogP contribution < -0.4 is 9.64 Å². The highest BCUT2D eigenvalue weighted by molar-refractivity contribution is 5.83. The van der Waals surface area contributed by atoms with Crippen molar-refractivity contribution in [3.8, 4) is 5.88 Å². The second-order valence-corrected chi connectivity index (χ2v) is 8.75. The predicted molar refractivity (Wildman–Crippen MR) is 134 cm³/mol. The molecule has 5 rings (SSSR count). The van der Waals surface area contributed by atoms with Gasteiger partial charge in [0.25, 0.3) is 0 Å². The monoisotopic (exact) mass is 455 g/mol. The summed E-state index contributed by atoms with van der Waals surface area (Å²) in [6.45, 7) is 4.61. The molecule has 1 fully saturated rings. The number of fused-ring (bicyclic) bond motifs is 2. The third kappa shape index (κ3) is 4.97. The van der Waals surface area contributed by atoms with Crippen molar-refractivity contribution in [3.63, 3.8) is 0 Å². The third-order valence-corrected chi connectivity index (χ3v) is 6.67. The first-order valence-corrected chi connectivity index (χ1v) is 11.9. The molecule has 0 bridgehead atoms. The van der Waals surface area contributed by atoms with E-state index in [9.17, 15) is 4.79 Å². The number of aryl methyl sites for hydroxylation is 2. The van der Waals surface area contributed by atoms with E-state index in [0.29, 0.717) is 0 Å². The van der Waals surface area contributed by atoms with E-state index in [1.807, 2.05) is 6.07 Å². The fourth-order valence-corrected chi connectivity index (χ4v) is 4.95. The van der Waals surface area contributed by atoms with E-state index in [1.54, 1.807) is 12.1 Å². The average molecular weight is 456 g/mol. The number of piperazine rings is 1. The van der Waals surface area contributed by atoms with Gasteiger partial charge in [0, 0.05) is 38.8 Å². The number of rotatable bonds is 5. The minimum absolute atomic E-state index is 0.114. The second kappa shape index (κ2) is 10.1. The molecule has 3 aromatic rings. The fourth-order valence-electron chi connectivity index (χ4n) is 4.95. The first-order chi connectivity index (χ1) is 16.7. The predicted octanol–water partition coefficient (Wildman–Crippen LogP) is 4.88. The molecule has 1 aliphatic heterocycles. The number of nitrogens with zero attached hydrogens (tertiary/aromatic N) is 3. The van der Waals surface area contributed by atoms with E-state index < -0.39 is 6.16 Å². The van der Waals surface area contributed by atoms with Crippen LogP contribution in [0.2, 0.25) is 0 Å². The van der Waals surface area contributed by atoms with Gasteiger partial charge in [-0.1, -0.05) is 60.7 Å².